The maximum atomic E-state index is 13.0. The first-order chi connectivity index (χ1) is 14.5. The monoisotopic (exact) mass is 402 g/mol. The molecule has 1 unspecified atom stereocenters. The number of hydrogen-bond acceptors (Lipinski definition) is 5. The molecule has 7 heteroatoms. The number of fused-ring (bicyclic) bond motifs is 2. The van der Waals surface area contributed by atoms with Gasteiger partial charge in [-0.15, -0.1) is 0 Å². The van der Waals surface area contributed by atoms with Crippen LogP contribution in [0, 0.1) is 20.8 Å². The molecule has 5 rings (SSSR count). The minimum atomic E-state index is -0.184. The first kappa shape index (κ1) is 18.4. The van der Waals surface area contributed by atoms with Crippen molar-refractivity contribution in [2.24, 2.45) is 0 Å². The molecule has 30 heavy (non-hydrogen) atoms. The van der Waals surface area contributed by atoms with Crippen LogP contribution in [0.15, 0.2) is 47.1 Å². The lowest BCUT2D eigenvalue weighted by Crippen LogP contribution is -2.13. The Morgan fingerprint density at radius 3 is 2.83 bits per heavy atom. The molecule has 0 saturated heterocycles. The Balaban J connectivity index is 1.40. The maximum absolute atomic E-state index is 13.0. The molecule has 4 aromatic rings. The van der Waals surface area contributed by atoms with Crippen molar-refractivity contribution in [3.63, 3.8) is 0 Å². The van der Waals surface area contributed by atoms with E-state index < -0.39 is 0 Å². The third kappa shape index (κ3) is 3.22. The van der Waals surface area contributed by atoms with Crippen molar-refractivity contribution in [2.45, 2.75) is 39.7 Å². The Labute approximate surface area is 173 Å². The minimum absolute atomic E-state index is 0.119. The summed E-state index contributed by atoms with van der Waals surface area (Å²) in [6.07, 6.45) is 3.54. The van der Waals surface area contributed by atoms with Crippen LogP contribution < -0.4 is 10.1 Å². The average Bonchev–Trinajstić information content (AvgIpc) is 3.41. The van der Waals surface area contributed by atoms with Gasteiger partial charge in [-0.1, -0.05) is 11.2 Å². The van der Waals surface area contributed by atoms with Crippen molar-refractivity contribution in [2.75, 3.05) is 5.32 Å². The topological polar surface area (TPSA) is 81.7 Å². The second kappa shape index (κ2) is 7.02. The van der Waals surface area contributed by atoms with Crippen LogP contribution in [0.3, 0.4) is 0 Å². The molecule has 1 atom stereocenters. The van der Waals surface area contributed by atoms with E-state index in [4.69, 9.17) is 9.26 Å². The van der Waals surface area contributed by atoms with E-state index in [9.17, 15) is 4.79 Å². The molecule has 1 N–H and O–H groups in total. The lowest BCUT2D eigenvalue weighted by molar-refractivity contribution is 0.102. The molecular weight excluding hydrogens is 380 g/mol. The van der Waals surface area contributed by atoms with Crippen molar-refractivity contribution in [1.82, 2.24) is 14.5 Å². The molecule has 1 aliphatic carbocycles. The SMILES string of the molecule is Cc1cc(OC2CCc3ccc(NC(=O)c4ccn5c(C)cc(C)nc45)cc32)on1. The maximum Gasteiger partial charge on any atom is 0.311 e. The van der Waals surface area contributed by atoms with Gasteiger partial charge >= 0.3 is 5.95 Å². The number of ether oxygens (including phenoxy) is 1. The van der Waals surface area contributed by atoms with Crippen LogP contribution in [-0.4, -0.2) is 20.4 Å². The number of hydrogen-bond donors (Lipinski definition) is 1. The molecule has 3 heterocycles. The van der Waals surface area contributed by atoms with Crippen molar-refractivity contribution in [3.05, 3.63) is 76.4 Å². The third-order valence-corrected chi connectivity index (χ3v) is 5.48. The number of nitrogens with zero attached hydrogens (tertiary/aromatic N) is 3. The van der Waals surface area contributed by atoms with Gasteiger partial charge in [0.25, 0.3) is 5.91 Å². The summed E-state index contributed by atoms with van der Waals surface area (Å²) in [6.45, 7) is 5.79. The quantitative estimate of drug-likeness (QED) is 0.541. The number of aromatic nitrogens is 3. The Bertz CT molecular complexity index is 1270. The normalized spacial score (nSPS) is 15.4. The van der Waals surface area contributed by atoms with Gasteiger partial charge in [-0.2, -0.15) is 0 Å². The number of nitrogens with one attached hydrogen (secondary N) is 1. The summed E-state index contributed by atoms with van der Waals surface area (Å²) in [7, 11) is 0. The van der Waals surface area contributed by atoms with E-state index in [0.717, 1.165) is 41.2 Å². The fraction of sp³-hybridized carbons (Fsp3) is 0.261. The Kier molecular flexibility index (Phi) is 4.31. The molecule has 1 aliphatic rings. The first-order valence-electron chi connectivity index (χ1n) is 9.97. The highest BCUT2D eigenvalue weighted by Crippen LogP contribution is 2.36. The van der Waals surface area contributed by atoms with Crippen molar-refractivity contribution >= 4 is 17.2 Å². The van der Waals surface area contributed by atoms with E-state index in [-0.39, 0.29) is 12.0 Å². The van der Waals surface area contributed by atoms with Gasteiger partial charge in [0.15, 0.2) is 0 Å². The molecule has 0 spiro atoms. The molecule has 0 saturated carbocycles. The summed E-state index contributed by atoms with van der Waals surface area (Å²) in [5.74, 6) is 0.230. The Hall–Kier alpha value is -3.61. The van der Waals surface area contributed by atoms with Gasteiger partial charge in [0.1, 0.15) is 11.8 Å². The minimum Gasteiger partial charge on any atom is -0.456 e. The summed E-state index contributed by atoms with van der Waals surface area (Å²) in [5, 5.41) is 6.88. The highest BCUT2D eigenvalue weighted by molar-refractivity contribution is 6.08. The van der Waals surface area contributed by atoms with Gasteiger partial charge in [0.05, 0.1) is 11.3 Å². The summed E-state index contributed by atoms with van der Waals surface area (Å²) in [6, 6.07) is 11.5. The van der Waals surface area contributed by atoms with E-state index >= 15 is 0 Å². The summed E-state index contributed by atoms with van der Waals surface area (Å²) >= 11 is 0. The number of carbonyl (C=O) groups excluding carboxylic acids is 1. The fourth-order valence-electron chi connectivity index (χ4n) is 4.07. The van der Waals surface area contributed by atoms with E-state index in [1.165, 1.54) is 5.56 Å². The van der Waals surface area contributed by atoms with Crippen LogP contribution in [0.2, 0.25) is 0 Å². The number of benzene rings is 1. The smallest absolute Gasteiger partial charge is 0.311 e. The highest BCUT2D eigenvalue weighted by atomic mass is 16.6. The summed E-state index contributed by atoms with van der Waals surface area (Å²) in [5.41, 5.74) is 6.92. The lowest BCUT2D eigenvalue weighted by Gasteiger charge is -2.13. The predicted molar refractivity (Wildman–Crippen MR) is 112 cm³/mol. The highest BCUT2D eigenvalue weighted by Gasteiger charge is 2.26. The number of rotatable bonds is 4. The van der Waals surface area contributed by atoms with Crippen LogP contribution in [0.25, 0.3) is 5.65 Å². The van der Waals surface area contributed by atoms with Crippen LogP contribution >= 0.6 is 0 Å². The van der Waals surface area contributed by atoms with Crippen molar-refractivity contribution < 1.29 is 14.1 Å². The van der Waals surface area contributed by atoms with Crippen LogP contribution in [0.4, 0.5) is 5.69 Å². The fourth-order valence-corrected chi connectivity index (χ4v) is 4.07. The standard InChI is InChI=1S/C23H22N4O3/c1-13-10-15(3)27-9-8-18(22(27)24-13)23(28)25-17-6-4-16-5-7-20(19(16)12-17)29-21-11-14(2)26-30-21/h4,6,8-12,20H,5,7H2,1-3H3,(H,25,28). The number of aryl methyl sites for hydroxylation is 4. The van der Waals surface area contributed by atoms with Crippen LogP contribution in [-0.2, 0) is 6.42 Å². The van der Waals surface area contributed by atoms with Gasteiger partial charge in [0, 0.05) is 29.3 Å². The Morgan fingerprint density at radius 2 is 2.03 bits per heavy atom. The zero-order valence-electron chi connectivity index (χ0n) is 17.1. The first-order valence-corrected chi connectivity index (χ1v) is 9.97. The molecule has 0 radical (unpaired) electrons. The predicted octanol–water partition coefficient (Wildman–Crippen LogP) is 4.57. The molecule has 7 nitrogen and oxygen atoms in total. The molecule has 0 fully saturated rings. The van der Waals surface area contributed by atoms with Crippen LogP contribution in [0.5, 0.6) is 5.95 Å². The zero-order valence-corrected chi connectivity index (χ0v) is 17.1. The molecule has 152 valence electrons. The van der Waals surface area contributed by atoms with Gasteiger partial charge in [-0.3, -0.25) is 4.79 Å². The lowest BCUT2D eigenvalue weighted by atomic mass is 10.1. The molecule has 1 amide bonds. The van der Waals surface area contributed by atoms with Gasteiger partial charge in [0.2, 0.25) is 0 Å². The van der Waals surface area contributed by atoms with E-state index in [1.807, 2.05) is 55.6 Å². The molecule has 1 aromatic carbocycles. The molecule has 3 aromatic heterocycles. The van der Waals surface area contributed by atoms with E-state index in [2.05, 4.69) is 15.5 Å². The molecule has 0 aliphatic heterocycles. The second-order valence-corrected chi connectivity index (χ2v) is 7.76. The summed E-state index contributed by atoms with van der Waals surface area (Å²) < 4.78 is 13.1. The number of anilines is 1. The van der Waals surface area contributed by atoms with Gasteiger partial charge in [-0.05, 0) is 69.0 Å². The van der Waals surface area contributed by atoms with Crippen LogP contribution in [0.1, 0.15) is 51.1 Å². The number of amides is 1. The summed E-state index contributed by atoms with van der Waals surface area (Å²) in [4.78, 5) is 17.5. The largest absolute Gasteiger partial charge is 0.456 e. The molecule has 0 bridgehead atoms. The Morgan fingerprint density at radius 1 is 1.17 bits per heavy atom. The average molecular weight is 402 g/mol. The van der Waals surface area contributed by atoms with E-state index in [1.54, 1.807) is 12.1 Å². The van der Waals surface area contributed by atoms with Crippen molar-refractivity contribution in [3.8, 4) is 5.95 Å². The van der Waals surface area contributed by atoms with Crippen molar-refractivity contribution in [1.29, 1.82) is 0 Å². The van der Waals surface area contributed by atoms with Gasteiger partial charge < -0.3 is 19.0 Å². The zero-order chi connectivity index (χ0) is 20.8. The van der Waals surface area contributed by atoms with E-state index in [0.29, 0.717) is 17.2 Å². The second-order valence-electron chi connectivity index (χ2n) is 7.76. The molecular formula is C23H22N4O3. The third-order valence-electron chi connectivity index (χ3n) is 5.48. The number of carbonyl (C=O) groups is 1. The van der Waals surface area contributed by atoms with Gasteiger partial charge in [-0.25, -0.2) is 4.98 Å².